The van der Waals surface area contributed by atoms with Gasteiger partial charge in [-0.25, -0.2) is 0 Å². The van der Waals surface area contributed by atoms with Crippen LogP contribution in [0.2, 0.25) is 0 Å². The van der Waals surface area contributed by atoms with E-state index >= 15 is 0 Å². The Balaban J connectivity index is 1.98. The zero-order valence-corrected chi connectivity index (χ0v) is 12.3. The zero-order valence-electron chi connectivity index (χ0n) is 11.5. The molecule has 1 aromatic rings. The molecule has 0 saturated carbocycles. The molecule has 1 N–H and O–H groups in total. The molecule has 1 fully saturated rings. The molecular formula is C15H23NO2S. The summed E-state index contributed by atoms with van der Waals surface area (Å²) in [5.74, 6) is 0.697. The van der Waals surface area contributed by atoms with Gasteiger partial charge in [-0.05, 0) is 24.9 Å². The van der Waals surface area contributed by atoms with Crippen molar-refractivity contribution in [2.45, 2.75) is 31.1 Å². The van der Waals surface area contributed by atoms with Crippen LogP contribution in [0.5, 0.6) is 0 Å². The molecule has 1 aliphatic rings. The lowest BCUT2D eigenvalue weighted by molar-refractivity contribution is 0.0992. The van der Waals surface area contributed by atoms with Crippen molar-refractivity contribution in [3.63, 3.8) is 0 Å². The van der Waals surface area contributed by atoms with Crippen molar-refractivity contribution in [1.29, 1.82) is 0 Å². The quantitative estimate of drug-likeness (QED) is 0.869. The highest BCUT2D eigenvalue weighted by Gasteiger charge is 2.23. The van der Waals surface area contributed by atoms with Gasteiger partial charge in [0.1, 0.15) is 0 Å². The smallest absolute Gasteiger partial charge is 0.0477 e. The Kier molecular flexibility index (Phi) is 6.01. The van der Waals surface area contributed by atoms with Crippen molar-refractivity contribution in [1.82, 2.24) is 5.32 Å². The van der Waals surface area contributed by atoms with Crippen LogP contribution in [0.3, 0.4) is 0 Å². The van der Waals surface area contributed by atoms with E-state index in [2.05, 4.69) is 24.4 Å². The summed E-state index contributed by atoms with van der Waals surface area (Å²) < 4.78 is 17.8. The van der Waals surface area contributed by atoms with Crippen molar-refractivity contribution >= 4 is 10.8 Å². The maximum absolute atomic E-state index is 12.5. The van der Waals surface area contributed by atoms with E-state index < -0.39 is 10.8 Å². The minimum atomic E-state index is -0.781. The summed E-state index contributed by atoms with van der Waals surface area (Å²) in [7, 11) is -0.781. The lowest BCUT2D eigenvalue weighted by Crippen LogP contribution is -2.32. The molecule has 1 saturated heterocycles. The van der Waals surface area contributed by atoms with Gasteiger partial charge in [-0.1, -0.05) is 37.3 Å². The largest absolute Gasteiger partial charge is 0.381 e. The molecule has 2 unspecified atom stereocenters. The van der Waals surface area contributed by atoms with Crippen LogP contribution >= 0.6 is 0 Å². The highest BCUT2D eigenvalue weighted by Crippen LogP contribution is 2.19. The fraction of sp³-hybridized carbons (Fsp3) is 0.600. The number of benzene rings is 1. The van der Waals surface area contributed by atoms with E-state index in [0.717, 1.165) is 32.6 Å². The number of nitrogens with one attached hydrogen (secondary N) is 1. The van der Waals surface area contributed by atoms with Crippen LogP contribution < -0.4 is 5.32 Å². The van der Waals surface area contributed by atoms with Crippen LogP contribution in [-0.4, -0.2) is 35.0 Å². The fourth-order valence-electron chi connectivity index (χ4n) is 2.44. The predicted molar refractivity (Wildman–Crippen MR) is 79.7 cm³/mol. The molecule has 0 radical (unpaired) electrons. The van der Waals surface area contributed by atoms with E-state index in [-0.39, 0.29) is 6.04 Å². The van der Waals surface area contributed by atoms with E-state index in [1.165, 1.54) is 5.56 Å². The summed E-state index contributed by atoms with van der Waals surface area (Å²) in [6, 6.07) is 10.5. The second-order valence-electron chi connectivity index (χ2n) is 4.88. The van der Waals surface area contributed by atoms with Crippen molar-refractivity contribution < 1.29 is 8.95 Å². The first-order chi connectivity index (χ1) is 9.31. The van der Waals surface area contributed by atoms with Crippen molar-refractivity contribution in [3.05, 3.63) is 35.9 Å². The Labute approximate surface area is 118 Å². The Morgan fingerprint density at radius 2 is 2.00 bits per heavy atom. The molecule has 1 aromatic carbocycles. The molecule has 106 valence electrons. The lowest BCUT2D eigenvalue weighted by Gasteiger charge is -2.24. The normalized spacial score (nSPS) is 20.1. The van der Waals surface area contributed by atoms with Gasteiger partial charge in [0, 0.05) is 41.1 Å². The summed E-state index contributed by atoms with van der Waals surface area (Å²) in [5.41, 5.74) is 1.23. The number of hydrogen-bond acceptors (Lipinski definition) is 3. The van der Waals surface area contributed by atoms with Crippen LogP contribution in [0.25, 0.3) is 0 Å². The summed E-state index contributed by atoms with van der Waals surface area (Å²) in [4.78, 5) is 0. The van der Waals surface area contributed by atoms with Crippen LogP contribution in [0.15, 0.2) is 30.3 Å². The van der Waals surface area contributed by atoms with Gasteiger partial charge in [0.05, 0.1) is 0 Å². The highest BCUT2D eigenvalue weighted by atomic mass is 32.2. The van der Waals surface area contributed by atoms with E-state index in [0.29, 0.717) is 11.0 Å². The van der Waals surface area contributed by atoms with E-state index in [4.69, 9.17) is 4.74 Å². The molecule has 0 amide bonds. The minimum absolute atomic E-state index is 0.190. The second-order valence-corrected chi connectivity index (χ2v) is 6.64. The van der Waals surface area contributed by atoms with Crippen molar-refractivity contribution in [2.24, 2.45) is 0 Å². The number of rotatable bonds is 6. The molecule has 19 heavy (non-hydrogen) atoms. The molecule has 1 aliphatic heterocycles. The standard InChI is InChI=1S/C15H23NO2S/c1-2-16-15(13-6-4-3-5-7-13)12-19(17)14-8-10-18-11-9-14/h3-7,14-16H,2,8-12H2,1H3. The molecule has 4 heteroatoms. The second kappa shape index (κ2) is 7.78. The molecule has 2 rings (SSSR count). The SMILES string of the molecule is CCNC(CS(=O)C1CCOCC1)c1ccccc1. The molecule has 2 atom stereocenters. The van der Waals surface area contributed by atoms with Crippen LogP contribution in [0, 0.1) is 0 Å². The maximum atomic E-state index is 12.5. The third kappa shape index (κ3) is 4.41. The first kappa shape index (κ1) is 14.7. The topological polar surface area (TPSA) is 38.3 Å². The predicted octanol–water partition coefficient (Wildman–Crippen LogP) is 2.26. The molecule has 0 aliphatic carbocycles. The Hall–Kier alpha value is -0.710. The fourth-order valence-corrected chi connectivity index (χ4v) is 4.07. The zero-order chi connectivity index (χ0) is 13.5. The molecule has 3 nitrogen and oxygen atoms in total. The van der Waals surface area contributed by atoms with Gasteiger partial charge in [0.2, 0.25) is 0 Å². The van der Waals surface area contributed by atoms with Gasteiger partial charge in [-0.3, -0.25) is 4.21 Å². The van der Waals surface area contributed by atoms with Crippen molar-refractivity contribution in [3.8, 4) is 0 Å². The molecular weight excluding hydrogens is 258 g/mol. The third-order valence-electron chi connectivity index (χ3n) is 3.52. The lowest BCUT2D eigenvalue weighted by atomic mass is 10.1. The average Bonchev–Trinajstić information content (AvgIpc) is 2.48. The first-order valence-electron chi connectivity index (χ1n) is 7.04. The van der Waals surface area contributed by atoms with E-state index in [9.17, 15) is 4.21 Å². The Bertz CT molecular complexity index is 390. The number of ether oxygens (including phenoxy) is 1. The summed E-state index contributed by atoms with van der Waals surface area (Å²) in [6.45, 7) is 4.50. The molecule has 0 aromatic heterocycles. The van der Waals surface area contributed by atoms with E-state index in [1.54, 1.807) is 0 Å². The Morgan fingerprint density at radius 3 is 2.63 bits per heavy atom. The molecule has 0 bridgehead atoms. The van der Waals surface area contributed by atoms with Gasteiger partial charge >= 0.3 is 0 Å². The first-order valence-corrected chi connectivity index (χ1v) is 8.42. The van der Waals surface area contributed by atoms with Crippen LogP contribution in [-0.2, 0) is 15.5 Å². The van der Waals surface area contributed by atoms with E-state index in [1.807, 2.05) is 18.2 Å². The summed E-state index contributed by atoms with van der Waals surface area (Å²) in [5, 5.41) is 3.75. The van der Waals surface area contributed by atoms with Gasteiger partial charge in [0.15, 0.2) is 0 Å². The average molecular weight is 281 g/mol. The van der Waals surface area contributed by atoms with Gasteiger partial charge in [-0.15, -0.1) is 0 Å². The maximum Gasteiger partial charge on any atom is 0.0477 e. The third-order valence-corrected chi connectivity index (χ3v) is 5.40. The van der Waals surface area contributed by atoms with Crippen LogP contribution in [0.4, 0.5) is 0 Å². The van der Waals surface area contributed by atoms with Gasteiger partial charge in [-0.2, -0.15) is 0 Å². The van der Waals surface area contributed by atoms with Crippen LogP contribution in [0.1, 0.15) is 31.4 Å². The van der Waals surface area contributed by atoms with Gasteiger partial charge < -0.3 is 10.1 Å². The van der Waals surface area contributed by atoms with Gasteiger partial charge in [0.25, 0.3) is 0 Å². The minimum Gasteiger partial charge on any atom is -0.381 e. The molecule has 1 heterocycles. The highest BCUT2D eigenvalue weighted by molar-refractivity contribution is 7.85. The monoisotopic (exact) mass is 281 g/mol. The number of hydrogen-bond donors (Lipinski definition) is 1. The van der Waals surface area contributed by atoms with Crippen molar-refractivity contribution in [2.75, 3.05) is 25.5 Å². The summed E-state index contributed by atoms with van der Waals surface area (Å²) >= 11 is 0. The summed E-state index contributed by atoms with van der Waals surface area (Å²) in [6.07, 6.45) is 1.86. The molecule has 0 spiro atoms. The Morgan fingerprint density at radius 1 is 1.32 bits per heavy atom.